The molecule has 1 atom stereocenters. The number of carbonyl (C=O) groups is 1. The van der Waals surface area contributed by atoms with Crippen molar-refractivity contribution in [2.24, 2.45) is 0 Å². The Hall–Kier alpha value is -2.28. The summed E-state index contributed by atoms with van der Waals surface area (Å²) in [5.41, 5.74) is 1.90. The SMILES string of the molecule is CN(C)[C@H]1CCCCN(C(=O)Cc2ccc(-n3cnnn3)cc2)C1. The van der Waals surface area contributed by atoms with Crippen molar-refractivity contribution >= 4 is 5.91 Å². The van der Waals surface area contributed by atoms with Crippen molar-refractivity contribution in [2.75, 3.05) is 27.2 Å². The quantitative estimate of drug-likeness (QED) is 0.842. The molecule has 1 saturated heterocycles. The standard InChI is InChI=1S/C17H24N6O/c1-21(2)16-5-3-4-10-22(12-16)17(24)11-14-6-8-15(9-7-14)23-13-18-19-20-23/h6-9,13,16H,3-5,10-12H2,1-2H3/t16-/m0/s1. The van der Waals surface area contributed by atoms with E-state index in [1.807, 2.05) is 29.2 Å². The summed E-state index contributed by atoms with van der Waals surface area (Å²) in [5, 5.41) is 11.1. The van der Waals surface area contributed by atoms with E-state index in [0.717, 1.165) is 37.2 Å². The maximum atomic E-state index is 12.7. The number of likely N-dealkylation sites (tertiary alicyclic amines) is 1. The van der Waals surface area contributed by atoms with Crippen LogP contribution >= 0.6 is 0 Å². The first-order valence-electron chi connectivity index (χ1n) is 8.40. The molecule has 1 aromatic carbocycles. The molecular weight excluding hydrogens is 304 g/mol. The summed E-state index contributed by atoms with van der Waals surface area (Å²) in [6.07, 6.45) is 5.44. The van der Waals surface area contributed by atoms with E-state index in [1.165, 1.54) is 6.42 Å². The molecule has 1 aliphatic heterocycles. The van der Waals surface area contributed by atoms with Crippen LogP contribution < -0.4 is 0 Å². The zero-order chi connectivity index (χ0) is 16.9. The number of hydrogen-bond donors (Lipinski definition) is 0. The van der Waals surface area contributed by atoms with Gasteiger partial charge in [0.15, 0.2) is 0 Å². The van der Waals surface area contributed by atoms with Crippen LogP contribution in [0.3, 0.4) is 0 Å². The molecule has 0 spiro atoms. The lowest BCUT2D eigenvalue weighted by Crippen LogP contribution is -2.42. The van der Waals surface area contributed by atoms with E-state index in [1.54, 1.807) is 11.0 Å². The Bertz CT molecular complexity index is 652. The Morgan fingerprint density at radius 2 is 2.04 bits per heavy atom. The lowest BCUT2D eigenvalue weighted by Gasteiger charge is -2.28. The van der Waals surface area contributed by atoms with Gasteiger partial charge in [0, 0.05) is 19.1 Å². The predicted molar refractivity (Wildman–Crippen MR) is 90.8 cm³/mol. The first-order valence-corrected chi connectivity index (χ1v) is 8.40. The smallest absolute Gasteiger partial charge is 0.227 e. The number of benzene rings is 1. The van der Waals surface area contributed by atoms with E-state index < -0.39 is 0 Å². The minimum Gasteiger partial charge on any atom is -0.341 e. The molecule has 1 aliphatic rings. The van der Waals surface area contributed by atoms with Crippen molar-refractivity contribution < 1.29 is 4.79 Å². The molecule has 0 bridgehead atoms. The average Bonchev–Trinajstić information content (AvgIpc) is 2.99. The van der Waals surface area contributed by atoms with Crippen molar-refractivity contribution in [3.63, 3.8) is 0 Å². The lowest BCUT2D eigenvalue weighted by atomic mass is 10.1. The normalized spacial score (nSPS) is 18.6. The Labute approximate surface area is 142 Å². The Kier molecular flexibility index (Phi) is 5.20. The second-order valence-corrected chi connectivity index (χ2v) is 6.55. The van der Waals surface area contributed by atoms with Crippen molar-refractivity contribution in [2.45, 2.75) is 31.7 Å². The van der Waals surface area contributed by atoms with E-state index in [2.05, 4.69) is 34.5 Å². The Morgan fingerprint density at radius 3 is 2.71 bits per heavy atom. The average molecular weight is 328 g/mol. The van der Waals surface area contributed by atoms with Crippen molar-refractivity contribution in [3.8, 4) is 5.69 Å². The molecule has 1 fully saturated rings. The topological polar surface area (TPSA) is 67.2 Å². The third kappa shape index (κ3) is 3.97. The number of carbonyl (C=O) groups excluding carboxylic acids is 1. The number of amides is 1. The summed E-state index contributed by atoms with van der Waals surface area (Å²) in [6, 6.07) is 8.26. The third-order valence-electron chi connectivity index (χ3n) is 4.63. The second kappa shape index (κ2) is 7.53. The zero-order valence-electron chi connectivity index (χ0n) is 14.3. The van der Waals surface area contributed by atoms with Gasteiger partial charge in [-0.15, -0.1) is 5.10 Å². The first-order chi connectivity index (χ1) is 11.6. The summed E-state index contributed by atoms with van der Waals surface area (Å²) in [7, 11) is 4.19. The first kappa shape index (κ1) is 16.6. The number of tetrazole rings is 1. The van der Waals surface area contributed by atoms with Crippen LogP contribution in [-0.4, -0.2) is 69.1 Å². The zero-order valence-corrected chi connectivity index (χ0v) is 14.3. The monoisotopic (exact) mass is 328 g/mol. The highest BCUT2D eigenvalue weighted by Crippen LogP contribution is 2.16. The molecule has 0 saturated carbocycles. The number of nitrogens with zero attached hydrogens (tertiary/aromatic N) is 6. The van der Waals surface area contributed by atoms with Crippen LogP contribution in [0.15, 0.2) is 30.6 Å². The number of likely N-dealkylation sites (N-methyl/N-ethyl adjacent to an activating group) is 1. The molecule has 24 heavy (non-hydrogen) atoms. The molecule has 0 aliphatic carbocycles. The molecule has 2 heterocycles. The van der Waals surface area contributed by atoms with E-state index in [4.69, 9.17) is 0 Å². The summed E-state index contributed by atoms with van der Waals surface area (Å²) >= 11 is 0. The van der Waals surface area contributed by atoms with Crippen LogP contribution in [0.2, 0.25) is 0 Å². The fourth-order valence-corrected chi connectivity index (χ4v) is 3.10. The second-order valence-electron chi connectivity index (χ2n) is 6.55. The van der Waals surface area contributed by atoms with Crippen molar-refractivity contribution in [3.05, 3.63) is 36.2 Å². The highest BCUT2D eigenvalue weighted by Gasteiger charge is 2.23. The van der Waals surface area contributed by atoms with Crippen LogP contribution in [-0.2, 0) is 11.2 Å². The molecule has 7 nitrogen and oxygen atoms in total. The number of hydrogen-bond acceptors (Lipinski definition) is 5. The van der Waals surface area contributed by atoms with Gasteiger partial charge in [0.25, 0.3) is 0 Å². The van der Waals surface area contributed by atoms with Crippen LogP contribution in [0, 0.1) is 0 Å². The minimum atomic E-state index is 0.207. The summed E-state index contributed by atoms with van der Waals surface area (Å²) in [5.74, 6) is 0.207. The maximum absolute atomic E-state index is 12.7. The van der Waals surface area contributed by atoms with Gasteiger partial charge in [0.1, 0.15) is 6.33 Å². The molecular formula is C17H24N6O. The fraction of sp³-hybridized carbons (Fsp3) is 0.529. The minimum absolute atomic E-state index is 0.207. The third-order valence-corrected chi connectivity index (χ3v) is 4.63. The number of aromatic nitrogens is 4. The van der Waals surface area contributed by atoms with Gasteiger partial charge in [-0.2, -0.15) is 0 Å². The Morgan fingerprint density at radius 1 is 1.25 bits per heavy atom. The summed E-state index contributed by atoms with van der Waals surface area (Å²) in [4.78, 5) is 16.9. The van der Waals surface area contributed by atoms with Crippen LogP contribution in [0.25, 0.3) is 5.69 Å². The van der Waals surface area contributed by atoms with E-state index in [-0.39, 0.29) is 5.91 Å². The molecule has 0 radical (unpaired) electrons. The van der Waals surface area contributed by atoms with Gasteiger partial charge < -0.3 is 9.80 Å². The molecule has 0 N–H and O–H groups in total. The molecule has 1 aromatic heterocycles. The molecule has 3 rings (SSSR count). The van der Waals surface area contributed by atoms with Gasteiger partial charge in [-0.1, -0.05) is 18.6 Å². The maximum Gasteiger partial charge on any atom is 0.227 e. The molecule has 7 heteroatoms. The van der Waals surface area contributed by atoms with Gasteiger partial charge in [-0.05, 0) is 55.1 Å². The molecule has 2 aromatic rings. The van der Waals surface area contributed by atoms with E-state index in [0.29, 0.717) is 12.5 Å². The van der Waals surface area contributed by atoms with Crippen molar-refractivity contribution in [1.82, 2.24) is 30.0 Å². The van der Waals surface area contributed by atoms with Gasteiger partial charge in [-0.3, -0.25) is 4.79 Å². The Balaban J connectivity index is 1.63. The van der Waals surface area contributed by atoms with Crippen LogP contribution in [0.5, 0.6) is 0 Å². The number of rotatable bonds is 4. The van der Waals surface area contributed by atoms with E-state index in [9.17, 15) is 4.79 Å². The molecule has 128 valence electrons. The summed E-state index contributed by atoms with van der Waals surface area (Å²) < 4.78 is 1.60. The van der Waals surface area contributed by atoms with Gasteiger partial charge in [0.05, 0.1) is 12.1 Å². The largest absolute Gasteiger partial charge is 0.341 e. The highest BCUT2D eigenvalue weighted by molar-refractivity contribution is 5.79. The predicted octanol–water partition coefficient (Wildman–Crippen LogP) is 1.15. The molecule has 0 unspecified atom stereocenters. The van der Waals surface area contributed by atoms with Crippen LogP contribution in [0.1, 0.15) is 24.8 Å². The van der Waals surface area contributed by atoms with Crippen molar-refractivity contribution in [1.29, 1.82) is 0 Å². The highest BCUT2D eigenvalue weighted by atomic mass is 16.2. The fourth-order valence-electron chi connectivity index (χ4n) is 3.10. The van der Waals surface area contributed by atoms with Gasteiger partial charge >= 0.3 is 0 Å². The van der Waals surface area contributed by atoms with Gasteiger partial charge in [0.2, 0.25) is 5.91 Å². The van der Waals surface area contributed by atoms with Crippen LogP contribution in [0.4, 0.5) is 0 Å². The van der Waals surface area contributed by atoms with E-state index >= 15 is 0 Å². The summed E-state index contributed by atoms with van der Waals surface area (Å²) in [6.45, 7) is 1.69. The van der Waals surface area contributed by atoms with Gasteiger partial charge in [-0.25, -0.2) is 4.68 Å². The lowest BCUT2D eigenvalue weighted by molar-refractivity contribution is -0.131. The molecule has 1 amide bonds.